The van der Waals surface area contributed by atoms with E-state index in [0.717, 1.165) is 50.4 Å². The highest BCUT2D eigenvalue weighted by Crippen LogP contribution is 2.33. The molecule has 2 aromatic carbocycles. The lowest BCUT2D eigenvalue weighted by Gasteiger charge is -2.34. The van der Waals surface area contributed by atoms with Crippen molar-refractivity contribution in [3.8, 4) is 5.75 Å². The van der Waals surface area contributed by atoms with Crippen LogP contribution in [0, 0.1) is 24.7 Å². The van der Waals surface area contributed by atoms with Crippen LogP contribution in [0.1, 0.15) is 42.1 Å². The Labute approximate surface area is 248 Å². The number of benzene rings is 2. The number of ether oxygens (including phenoxy) is 1. The van der Waals surface area contributed by atoms with Crippen molar-refractivity contribution < 1.29 is 19.1 Å². The molecule has 0 aliphatic carbocycles. The van der Waals surface area contributed by atoms with Crippen LogP contribution in [-0.4, -0.2) is 91.9 Å². The lowest BCUT2D eigenvalue weighted by Crippen LogP contribution is -2.44. The smallest absolute Gasteiger partial charge is 0.257 e. The molecule has 41 heavy (non-hydrogen) atoms. The molecule has 0 N–H and O–H groups in total. The Balaban J connectivity index is 1.16. The lowest BCUT2D eigenvalue weighted by molar-refractivity contribution is -0.133. The van der Waals surface area contributed by atoms with Crippen LogP contribution >= 0.6 is 11.6 Å². The second kappa shape index (κ2) is 12.8. The molecule has 0 bridgehead atoms. The van der Waals surface area contributed by atoms with Crippen LogP contribution < -0.4 is 9.64 Å². The van der Waals surface area contributed by atoms with Crippen LogP contribution in [-0.2, 0) is 9.59 Å². The topological polar surface area (TPSA) is 73.4 Å². The maximum Gasteiger partial charge on any atom is 0.257 e. The fourth-order valence-electron chi connectivity index (χ4n) is 6.66. The van der Waals surface area contributed by atoms with Gasteiger partial charge in [-0.05, 0) is 74.4 Å². The first kappa shape index (κ1) is 29.4. The number of anilines is 1. The molecule has 3 amide bonds. The molecule has 9 heteroatoms. The number of amides is 3. The molecule has 3 fully saturated rings. The number of hydrogen-bond donors (Lipinski definition) is 0. The summed E-state index contributed by atoms with van der Waals surface area (Å²) in [6.45, 7) is 9.79. The summed E-state index contributed by atoms with van der Waals surface area (Å²) in [5.74, 6) is 1.70. The molecule has 220 valence electrons. The van der Waals surface area contributed by atoms with Gasteiger partial charge in [0.1, 0.15) is 5.75 Å². The second-order valence-corrected chi connectivity index (χ2v) is 12.2. The molecule has 3 aliphatic heterocycles. The summed E-state index contributed by atoms with van der Waals surface area (Å²) >= 11 is 6.46. The Kier molecular flexibility index (Phi) is 9.19. The minimum Gasteiger partial charge on any atom is -0.496 e. The predicted molar refractivity (Wildman–Crippen MR) is 160 cm³/mol. The van der Waals surface area contributed by atoms with Crippen molar-refractivity contribution in [1.82, 2.24) is 14.7 Å². The van der Waals surface area contributed by atoms with Gasteiger partial charge in [0.05, 0.1) is 12.7 Å². The summed E-state index contributed by atoms with van der Waals surface area (Å²) in [5.41, 5.74) is 2.45. The molecule has 2 atom stereocenters. The van der Waals surface area contributed by atoms with Crippen LogP contribution in [0.15, 0.2) is 42.5 Å². The fourth-order valence-corrected chi connectivity index (χ4v) is 6.84. The molecule has 0 saturated carbocycles. The maximum atomic E-state index is 13.7. The molecule has 0 radical (unpaired) electrons. The summed E-state index contributed by atoms with van der Waals surface area (Å²) in [7, 11) is 1.60. The second-order valence-electron chi connectivity index (χ2n) is 11.7. The highest BCUT2D eigenvalue weighted by Gasteiger charge is 2.42. The maximum absolute atomic E-state index is 13.7. The van der Waals surface area contributed by atoms with Gasteiger partial charge >= 0.3 is 0 Å². The van der Waals surface area contributed by atoms with Crippen LogP contribution in [0.3, 0.4) is 0 Å². The van der Waals surface area contributed by atoms with Gasteiger partial charge in [0.2, 0.25) is 11.8 Å². The van der Waals surface area contributed by atoms with Crippen molar-refractivity contribution in [3.05, 3.63) is 58.6 Å². The Morgan fingerprint density at radius 1 is 0.976 bits per heavy atom. The quantitative estimate of drug-likeness (QED) is 0.464. The predicted octanol–water partition coefficient (Wildman–Crippen LogP) is 4.34. The minimum atomic E-state index is -0.0939. The third-order valence-electron chi connectivity index (χ3n) is 9.07. The van der Waals surface area contributed by atoms with Crippen molar-refractivity contribution >= 4 is 35.0 Å². The van der Waals surface area contributed by atoms with Gasteiger partial charge in [-0.25, -0.2) is 0 Å². The molecule has 8 nitrogen and oxygen atoms in total. The molecule has 3 saturated heterocycles. The zero-order valence-corrected chi connectivity index (χ0v) is 25.1. The molecule has 3 heterocycles. The zero-order chi connectivity index (χ0) is 29.1. The number of halogens is 1. The average Bonchev–Trinajstić information content (AvgIpc) is 3.55. The Morgan fingerprint density at radius 2 is 1.66 bits per heavy atom. The standard InChI is InChI=1S/C32H41ClN4O4/c1-22-9-10-27(17-29(22)33)37(31(39)24-11-15-35(16-12-24)23(2)38)14-6-13-34-18-25-20-36(21-26(25)19-34)32(40)28-7-4-5-8-30(28)41-3/h4-5,7-10,17,24-26H,6,11-16,18-21H2,1-3H3. The van der Waals surface area contributed by atoms with Crippen LogP contribution in [0.5, 0.6) is 5.75 Å². The van der Waals surface area contributed by atoms with Gasteiger partial charge in [0.25, 0.3) is 5.91 Å². The largest absolute Gasteiger partial charge is 0.496 e. The number of para-hydroxylation sites is 1. The van der Waals surface area contributed by atoms with Gasteiger partial charge in [0.15, 0.2) is 0 Å². The molecular formula is C32H41ClN4O4. The summed E-state index contributed by atoms with van der Waals surface area (Å²) in [4.78, 5) is 46.9. The highest BCUT2D eigenvalue weighted by atomic mass is 35.5. The van der Waals surface area contributed by atoms with Gasteiger partial charge in [-0.15, -0.1) is 0 Å². The van der Waals surface area contributed by atoms with Gasteiger partial charge in [-0.3, -0.25) is 14.4 Å². The van der Waals surface area contributed by atoms with Crippen molar-refractivity contribution in [2.75, 3.05) is 64.4 Å². The first-order chi connectivity index (χ1) is 19.7. The fraction of sp³-hybridized carbons (Fsp3) is 0.531. The number of carbonyl (C=O) groups is 3. The number of fused-ring (bicyclic) bond motifs is 1. The number of aryl methyl sites for hydroxylation is 1. The van der Waals surface area contributed by atoms with Crippen LogP contribution in [0.2, 0.25) is 5.02 Å². The Morgan fingerprint density at radius 3 is 2.29 bits per heavy atom. The van der Waals surface area contributed by atoms with Crippen molar-refractivity contribution in [2.45, 2.75) is 33.1 Å². The number of likely N-dealkylation sites (tertiary alicyclic amines) is 3. The summed E-state index contributed by atoms with van der Waals surface area (Å²) < 4.78 is 5.41. The summed E-state index contributed by atoms with van der Waals surface area (Å²) in [6, 6.07) is 13.3. The van der Waals surface area contributed by atoms with E-state index in [0.29, 0.717) is 60.6 Å². The molecule has 2 aromatic rings. The number of nitrogens with zero attached hydrogens (tertiary/aromatic N) is 4. The number of methoxy groups -OCH3 is 1. The van der Waals surface area contributed by atoms with Crippen LogP contribution in [0.4, 0.5) is 5.69 Å². The first-order valence-electron chi connectivity index (χ1n) is 14.7. The van der Waals surface area contributed by atoms with E-state index in [2.05, 4.69) is 4.90 Å². The van der Waals surface area contributed by atoms with Gasteiger partial charge in [-0.1, -0.05) is 29.8 Å². The Bertz CT molecular complexity index is 1260. The van der Waals surface area contributed by atoms with Gasteiger partial charge in [-0.2, -0.15) is 0 Å². The third kappa shape index (κ3) is 6.54. The first-order valence-corrected chi connectivity index (χ1v) is 15.1. The van der Waals surface area contributed by atoms with E-state index in [1.165, 1.54) is 0 Å². The number of piperidine rings is 1. The lowest BCUT2D eigenvalue weighted by atomic mass is 9.94. The van der Waals surface area contributed by atoms with Crippen LogP contribution in [0.25, 0.3) is 0 Å². The van der Waals surface area contributed by atoms with Crippen molar-refractivity contribution in [3.63, 3.8) is 0 Å². The van der Waals surface area contributed by atoms with Gasteiger partial charge < -0.3 is 24.3 Å². The van der Waals surface area contributed by atoms with E-state index in [-0.39, 0.29) is 23.6 Å². The van der Waals surface area contributed by atoms with Gasteiger partial charge in [0, 0.05) is 69.4 Å². The Hall–Kier alpha value is -3.10. The highest BCUT2D eigenvalue weighted by molar-refractivity contribution is 6.31. The minimum absolute atomic E-state index is 0.0449. The SMILES string of the molecule is COc1ccccc1C(=O)N1CC2CN(CCCN(C(=O)C3CCN(C(C)=O)CC3)c3ccc(C)c(Cl)c3)CC2C1. The van der Waals surface area contributed by atoms with E-state index in [1.807, 2.05) is 64.1 Å². The van der Waals surface area contributed by atoms with Crippen molar-refractivity contribution in [1.29, 1.82) is 0 Å². The zero-order valence-electron chi connectivity index (χ0n) is 24.4. The average molecular weight is 581 g/mol. The molecule has 0 spiro atoms. The molecule has 5 rings (SSSR count). The van der Waals surface area contributed by atoms with E-state index >= 15 is 0 Å². The van der Waals surface area contributed by atoms with E-state index in [4.69, 9.17) is 16.3 Å². The van der Waals surface area contributed by atoms with E-state index < -0.39 is 0 Å². The molecule has 2 unspecified atom stereocenters. The van der Waals surface area contributed by atoms with E-state index in [1.54, 1.807) is 14.0 Å². The number of carbonyl (C=O) groups excluding carboxylic acids is 3. The van der Waals surface area contributed by atoms with E-state index in [9.17, 15) is 14.4 Å². The normalized spacial score (nSPS) is 21.2. The molecule has 0 aromatic heterocycles. The number of rotatable bonds is 8. The molecular weight excluding hydrogens is 540 g/mol. The summed E-state index contributed by atoms with van der Waals surface area (Å²) in [5, 5.41) is 0.659. The monoisotopic (exact) mass is 580 g/mol. The third-order valence-corrected chi connectivity index (χ3v) is 9.47. The number of hydrogen-bond acceptors (Lipinski definition) is 5. The molecule has 3 aliphatic rings. The summed E-state index contributed by atoms with van der Waals surface area (Å²) in [6.07, 6.45) is 2.23. The van der Waals surface area contributed by atoms with Crippen molar-refractivity contribution in [2.24, 2.45) is 17.8 Å².